The summed E-state index contributed by atoms with van der Waals surface area (Å²) < 4.78 is 1.52. The van der Waals surface area contributed by atoms with Crippen LogP contribution in [0.1, 0.15) is 0 Å². The number of aromatic nitrogens is 3. The number of thioether (sulfide) groups is 2. The first-order chi connectivity index (χ1) is 11.1. The molecule has 2 aromatic rings. The molecule has 2 aromatic heterocycles. The lowest BCUT2D eigenvalue weighted by molar-refractivity contribution is -0.123. The Morgan fingerprint density at radius 2 is 2.22 bits per heavy atom. The predicted octanol–water partition coefficient (Wildman–Crippen LogP) is 2.52. The van der Waals surface area contributed by atoms with Crippen LogP contribution in [0.3, 0.4) is 0 Å². The van der Waals surface area contributed by atoms with Crippen molar-refractivity contribution >= 4 is 52.5 Å². The topological polar surface area (TPSA) is 76.9 Å². The minimum Gasteiger partial charge on any atom is -0.321 e. The molecule has 0 aliphatic heterocycles. The van der Waals surface area contributed by atoms with Gasteiger partial charge in [0.1, 0.15) is 5.25 Å². The van der Waals surface area contributed by atoms with Crippen molar-refractivity contribution in [3.63, 3.8) is 0 Å². The first kappa shape index (κ1) is 17.8. The van der Waals surface area contributed by atoms with E-state index in [1.807, 2.05) is 12.3 Å². The third kappa shape index (κ3) is 4.49. The first-order valence-corrected chi connectivity index (χ1v) is 9.63. The van der Waals surface area contributed by atoms with E-state index < -0.39 is 11.2 Å². The minimum absolute atomic E-state index is 0.127. The monoisotopic (exact) mass is 370 g/mol. The Balaban J connectivity index is 2.15. The van der Waals surface area contributed by atoms with Crippen LogP contribution >= 0.6 is 35.1 Å². The van der Waals surface area contributed by atoms with Gasteiger partial charge in [0.15, 0.2) is 10.9 Å². The van der Waals surface area contributed by atoms with E-state index in [2.05, 4.69) is 15.4 Å². The normalized spacial score (nSPS) is 12.0. The smallest absolute Gasteiger partial charge is 0.245 e. The van der Waals surface area contributed by atoms with Crippen molar-refractivity contribution in [1.82, 2.24) is 14.8 Å². The van der Waals surface area contributed by atoms with Crippen LogP contribution in [0, 0.1) is 0 Å². The lowest BCUT2D eigenvalue weighted by Gasteiger charge is -2.12. The van der Waals surface area contributed by atoms with Crippen LogP contribution in [0.25, 0.3) is 5.69 Å². The average molecular weight is 371 g/mol. The number of rotatable bonds is 7. The predicted molar refractivity (Wildman–Crippen MR) is 95.7 cm³/mol. The SMILES string of the molecule is CSCC(=O)C(SC)C(=O)Nc1cn(-c2cccnc2)nc1Cl. The fourth-order valence-electron chi connectivity index (χ4n) is 1.86. The summed E-state index contributed by atoms with van der Waals surface area (Å²) >= 11 is 8.65. The summed E-state index contributed by atoms with van der Waals surface area (Å²) in [6, 6.07) is 3.59. The van der Waals surface area contributed by atoms with E-state index in [0.717, 1.165) is 5.69 Å². The minimum atomic E-state index is -0.764. The van der Waals surface area contributed by atoms with Crippen LogP contribution in [0.15, 0.2) is 30.7 Å². The van der Waals surface area contributed by atoms with Gasteiger partial charge in [-0.25, -0.2) is 4.68 Å². The van der Waals surface area contributed by atoms with Gasteiger partial charge in [0, 0.05) is 6.20 Å². The maximum Gasteiger partial charge on any atom is 0.245 e. The van der Waals surface area contributed by atoms with Crippen molar-refractivity contribution in [2.24, 2.45) is 0 Å². The number of hydrogen-bond acceptors (Lipinski definition) is 6. The van der Waals surface area contributed by atoms with E-state index >= 15 is 0 Å². The third-order valence-corrected chi connectivity index (χ3v) is 4.69. The van der Waals surface area contributed by atoms with E-state index in [-0.39, 0.29) is 10.9 Å². The van der Waals surface area contributed by atoms with Gasteiger partial charge in [-0.3, -0.25) is 14.6 Å². The van der Waals surface area contributed by atoms with E-state index in [0.29, 0.717) is 11.4 Å². The Morgan fingerprint density at radius 3 is 2.83 bits per heavy atom. The molecule has 0 spiro atoms. The van der Waals surface area contributed by atoms with Crippen LogP contribution < -0.4 is 5.32 Å². The molecule has 1 amide bonds. The highest BCUT2D eigenvalue weighted by atomic mass is 35.5. The van der Waals surface area contributed by atoms with Gasteiger partial charge in [-0.2, -0.15) is 16.9 Å². The molecular weight excluding hydrogens is 356 g/mol. The zero-order chi connectivity index (χ0) is 16.8. The Kier molecular flexibility index (Phi) is 6.49. The number of anilines is 1. The number of nitrogens with zero attached hydrogens (tertiary/aromatic N) is 3. The Bertz CT molecular complexity index is 693. The summed E-state index contributed by atoms with van der Waals surface area (Å²) in [6.07, 6.45) is 8.41. The summed E-state index contributed by atoms with van der Waals surface area (Å²) in [5.74, 6) is -0.232. The van der Waals surface area contributed by atoms with Crippen molar-refractivity contribution in [1.29, 1.82) is 0 Å². The van der Waals surface area contributed by atoms with Gasteiger partial charge in [0.2, 0.25) is 5.91 Å². The molecule has 2 heterocycles. The number of ketones is 1. The molecule has 2 rings (SSSR count). The number of amides is 1. The van der Waals surface area contributed by atoms with Crippen molar-refractivity contribution in [2.75, 3.05) is 23.6 Å². The fourth-order valence-corrected chi connectivity index (χ4v) is 3.21. The molecule has 0 aliphatic rings. The molecule has 1 unspecified atom stereocenters. The van der Waals surface area contributed by atoms with Crippen LogP contribution in [-0.4, -0.2) is 50.0 Å². The van der Waals surface area contributed by atoms with Gasteiger partial charge in [-0.05, 0) is 24.6 Å². The Labute approximate surface area is 147 Å². The highest BCUT2D eigenvalue weighted by Gasteiger charge is 2.26. The molecule has 6 nitrogen and oxygen atoms in total. The number of nitrogens with one attached hydrogen (secondary N) is 1. The highest BCUT2D eigenvalue weighted by Crippen LogP contribution is 2.23. The second kappa shape index (κ2) is 8.37. The van der Waals surface area contributed by atoms with Crippen molar-refractivity contribution in [3.8, 4) is 5.69 Å². The standard InChI is InChI=1S/C14H15ClN4O2S2/c1-22-8-11(20)12(23-2)14(21)17-10-7-19(18-13(10)15)9-4-3-5-16-6-9/h3-7,12H,8H2,1-2H3,(H,17,21). The lowest BCUT2D eigenvalue weighted by Crippen LogP contribution is -2.33. The van der Waals surface area contributed by atoms with E-state index in [4.69, 9.17) is 11.6 Å². The van der Waals surface area contributed by atoms with E-state index in [9.17, 15) is 9.59 Å². The van der Waals surface area contributed by atoms with Gasteiger partial charge >= 0.3 is 0 Å². The number of halogens is 1. The van der Waals surface area contributed by atoms with Gasteiger partial charge in [-0.1, -0.05) is 11.6 Å². The number of carbonyl (C=O) groups is 2. The molecule has 0 aromatic carbocycles. The second-order valence-corrected chi connectivity index (χ2v) is 6.66. The summed E-state index contributed by atoms with van der Waals surface area (Å²) in [4.78, 5) is 28.2. The van der Waals surface area contributed by atoms with Gasteiger partial charge in [-0.15, -0.1) is 11.8 Å². The third-order valence-electron chi connectivity index (χ3n) is 2.89. The first-order valence-electron chi connectivity index (χ1n) is 6.57. The maximum absolute atomic E-state index is 12.3. The fraction of sp³-hybridized carbons (Fsp3) is 0.286. The Morgan fingerprint density at radius 1 is 1.43 bits per heavy atom. The van der Waals surface area contributed by atoms with Crippen LogP contribution in [0.2, 0.25) is 5.15 Å². The van der Waals surface area contributed by atoms with Gasteiger partial charge in [0.25, 0.3) is 0 Å². The summed E-state index contributed by atoms with van der Waals surface area (Å²) in [7, 11) is 0. The van der Waals surface area contributed by atoms with Crippen molar-refractivity contribution in [2.45, 2.75) is 5.25 Å². The molecule has 9 heteroatoms. The average Bonchev–Trinajstić information content (AvgIpc) is 2.90. The molecule has 0 fully saturated rings. The summed E-state index contributed by atoms with van der Waals surface area (Å²) in [5.41, 5.74) is 1.08. The number of pyridine rings is 1. The van der Waals surface area contributed by atoms with Gasteiger partial charge in [0.05, 0.1) is 29.5 Å². The maximum atomic E-state index is 12.3. The molecule has 0 bridgehead atoms. The van der Waals surface area contributed by atoms with Crippen LogP contribution in [0.4, 0.5) is 5.69 Å². The quantitative estimate of drug-likeness (QED) is 0.755. The second-order valence-electron chi connectivity index (χ2n) is 4.49. The van der Waals surface area contributed by atoms with Crippen molar-refractivity contribution in [3.05, 3.63) is 35.9 Å². The molecule has 0 saturated carbocycles. The van der Waals surface area contributed by atoms with Crippen molar-refractivity contribution < 1.29 is 9.59 Å². The molecule has 1 N–H and O–H groups in total. The van der Waals surface area contributed by atoms with E-state index in [1.165, 1.54) is 28.2 Å². The lowest BCUT2D eigenvalue weighted by atomic mass is 10.3. The molecular formula is C14H15ClN4O2S2. The highest BCUT2D eigenvalue weighted by molar-refractivity contribution is 8.01. The number of Topliss-reactive ketones (excluding diaryl/α,β-unsaturated/α-hetero) is 1. The molecule has 23 heavy (non-hydrogen) atoms. The zero-order valence-corrected chi connectivity index (χ0v) is 14.9. The zero-order valence-electron chi connectivity index (χ0n) is 12.5. The van der Waals surface area contributed by atoms with Crippen LogP contribution in [0.5, 0.6) is 0 Å². The van der Waals surface area contributed by atoms with E-state index in [1.54, 1.807) is 30.9 Å². The molecule has 0 aliphatic carbocycles. The Hall–Kier alpha value is -1.51. The van der Waals surface area contributed by atoms with Gasteiger partial charge < -0.3 is 5.32 Å². The number of carbonyl (C=O) groups excluding carboxylic acids is 2. The molecule has 122 valence electrons. The largest absolute Gasteiger partial charge is 0.321 e. The molecule has 0 saturated heterocycles. The number of hydrogen-bond donors (Lipinski definition) is 1. The summed E-state index contributed by atoms with van der Waals surface area (Å²) in [5, 5.41) is 6.19. The van der Waals surface area contributed by atoms with Crippen LogP contribution in [-0.2, 0) is 9.59 Å². The molecule has 0 radical (unpaired) electrons. The molecule has 1 atom stereocenters. The summed E-state index contributed by atoms with van der Waals surface area (Å²) in [6.45, 7) is 0.